The largest absolute Gasteiger partial charge is 0.342 e. The molecule has 1 fully saturated rings. The first-order valence-electron chi connectivity index (χ1n) is 4.69. The molecule has 0 aromatic rings. The van der Waals surface area contributed by atoms with Gasteiger partial charge >= 0.3 is 11.8 Å². The summed E-state index contributed by atoms with van der Waals surface area (Å²) in [4.78, 5) is 24.3. The molecule has 0 unspecified atom stereocenters. The van der Waals surface area contributed by atoms with Crippen molar-refractivity contribution in [1.82, 2.24) is 10.2 Å². The van der Waals surface area contributed by atoms with Gasteiger partial charge in [-0.15, -0.1) is 0 Å². The second kappa shape index (κ2) is 3.57. The first-order chi connectivity index (χ1) is 6.36. The van der Waals surface area contributed by atoms with E-state index in [4.69, 9.17) is 5.73 Å². The first kappa shape index (κ1) is 11.0. The van der Waals surface area contributed by atoms with E-state index in [2.05, 4.69) is 5.32 Å². The lowest BCUT2D eigenvalue weighted by Gasteiger charge is -2.40. The van der Waals surface area contributed by atoms with Crippen molar-refractivity contribution in [3.05, 3.63) is 0 Å². The van der Waals surface area contributed by atoms with Crippen molar-refractivity contribution < 1.29 is 9.59 Å². The molecule has 0 aromatic carbocycles. The number of hydrogen-bond acceptors (Lipinski definition) is 3. The zero-order valence-corrected chi connectivity index (χ0v) is 8.83. The maximum atomic E-state index is 11.5. The van der Waals surface area contributed by atoms with E-state index in [0.717, 1.165) is 0 Å². The normalized spacial score (nSPS) is 23.7. The molecular formula is C9H17N3O2. The molecule has 5 nitrogen and oxygen atoms in total. The minimum atomic E-state index is -0.554. The molecule has 1 atom stereocenters. The van der Waals surface area contributed by atoms with Crippen LogP contribution in [-0.2, 0) is 9.59 Å². The van der Waals surface area contributed by atoms with Gasteiger partial charge in [0.05, 0.1) is 6.04 Å². The number of rotatable bonds is 1. The van der Waals surface area contributed by atoms with Gasteiger partial charge in [0.1, 0.15) is 0 Å². The summed E-state index contributed by atoms with van der Waals surface area (Å²) in [5.74, 6) is -1.02. The fraction of sp³-hybridized carbons (Fsp3) is 0.778. The van der Waals surface area contributed by atoms with Crippen molar-refractivity contribution in [1.29, 1.82) is 0 Å². The molecule has 2 amide bonds. The maximum Gasteiger partial charge on any atom is 0.312 e. The van der Waals surface area contributed by atoms with Gasteiger partial charge in [0.25, 0.3) is 0 Å². The number of carbonyl (C=O) groups excluding carboxylic acids is 2. The fourth-order valence-electron chi connectivity index (χ4n) is 1.43. The van der Waals surface area contributed by atoms with Crippen LogP contribution < -0.4 is 11.1 Å². The predicted molar refractivity (Wildman–Crippen MR) is 52.5 cm³/mol. The highest BCUT2D eigenvalue weighted by molar-refractivity contribution is 6.35. The van der Waals surface area contributed by atoms with E-state index in [1.807, 2.05) is 20.8 Å². The second-order valence-electron chi connectivity index (χ2n) is 4.49. The number of carbonyl (C=O) groups is 2. The van der Waals surface area contributed by atoms with E-state index in [1.54, 1.807) is 4.90 Å². The molecule has 1 aliphatic heterocycles. The van der Waals surface area contributed by atoms with Crippen LogP contribution in [-0.4, -0.2) is 41.4 Å². The Bertz CT molecular complexity index is 257. The molecule has 3 N–H and O–H groups in total. The molecule has 14 heavy (non-hydrogen) atoms. The van der Waals surface area contributed by atoms with Crippen LogP contribution in [0.4, 0.5) is 0 Å². The number of hydrogen-bond donors (Lipinski definition) is 2. The topological polar surface area (TPSA) is 75.4 Å². The van der Waals surface area contributed by atoms with Crippen molar-refractivity contribution in [2.75, 3.05) is 13.1 Å². The summed E-state index contributed by atoms with van der Waals surface area (Å²) in [6.07, 6.45) is 0. The Labute approximate surface area is 83.6 Å². The number of nitrogens with two attached hydrogens (primary N) is 1. The Hall–Kier alpha value is -1.10. The van der Waals surface area contributed by atoms with Crippen LogP contribution in [0.5, 0.6) is 0 Å². The molecule has 0 radical (unpaired) electrons. The molecular weight excluding hydrogens is 182 g/mol. The van der Waals surface area contributed by atoms with Gasteiger partial charge in [-0.1, -0.05) is 0 Å². The summed E-state index contributed by atoms with van der Waals surface area (Å²) in [7, 11) is 0. The lowest BCUT2D eigenvalue weighted by Crippen LogP contribution is -2.64. The van der Waals surface area contributed by atoms with Gasteiger partial charge in [0, 0.05) is 18.6 Å². The van der Waals surface area contributed by atoms with Crippen molar-refractivity contribution >= 4 is 11.8 Å². The molecule has 0 aliphatic carbocycles. The summed E-state index contributed by atoms with van der Waals surface area (Å²) in [6.45, 7) is 6.54. The Morgan fingerprint density at radius 2 is 2.07 bits per heavy atom. The molecule has 1 aliphatic rings. The number of nitrogens with zero attached hydrogens (tertiary/aromatic N) is 1. The predicted octanol–water partition coefficient (Wildman–Crippen LogP) is -0.929. The lowest BCUT2D eigenvalue weighted by molar-refractivity contribution is -0.153. The molecule has 0 saturated carbocycles. The fourth-order valence-corrected chi connectivity index (χ4v) is 1.43. The van der Waals surface area contributed by atoms with Gasteiger partial charge in [-0.2, -0.15) is 0 Å². The van der Waals surface area contributed by atoms with Crippen molar-refractivity contribution in [3.8, 4) is 0 Å². The highest BCUT2D eigenvalue weighted by Crippen LogP contribution is 2.16. The Morgan fingerprint density at radius 1 is 1.50 bits per heavy atom. The second-order valence-corrected chi connectivity index (χ2v) is 4.49. The minimum Gasteiger partial charge on any atom is -0.342 e. The van der Waals surface area contributed by atoms with Gasteiger partial charge in [0.2, 0.25) is 0 Å². The molecule has 5 heteroatoms. The standard InChI is InChI=1S/C9H17N3O2/c1-9(2,3)12-5-6(4-10)11-7(13)8(12)14/h6H,4-5,10H2,1-3H3,(H,11,13)/t6-/m1/s1. The third kappa shape index (κ3) is 2.04. The SMILES string of the molecule is CC(C)(C)N1C[C@@H](CN)NC(=O)C1=O. The molecule has 0 spiro atoms. The number of nitrogens with one attached hydrogen (secondary N) is 1. The summed E-state index contributed by atoms with van der Waals surface area (Å²) in [6, 6.07) is -0.126. The monoisotopic (exact) mass is 199 g/mol. The summed E-state index contributed by atoms with van der Waals surface area (Å²) < 4.78 is 0. The van der Waals surface area contributed by atoms with E-state index in [0.29, 0.717) is 13.1 Å². The first-order valence-corrected chi connectivity index (χ1v) is 4.69. The molecule has 1 saturated heterocycles. The number of amides is 2. The molecule has 0 bridgehead atoms. The van der Waals surface area contributed by atoms with Gasteiger partial charge in [-0.3, -0.25) is 9.59 Å². The van der Waals surface area contributed by atoms with Crippen LogP contribution in [0.2, 0.25) is 0 Å². The smallest absolute Gasteiger partial charge is 0.312 e. The van der Waals surface area contributed by atoms with Crippen molar-refractivity contribution in [2.24, 2.45) is 5.73 Å². The van der Waals surface area contributed by atoms with E-state index < -0.39 is 11.8 Å². The van der Waals surface area contributed by atoms with Crippen LogP contribution in [0, 0.1) is 0 Å². The van der Waals surface area contributed by atoms with Crippen LogP contribution >= 0.6 is 0 Å². The van der Waals surface area contributed by atoms with Crippen LogP contribution in [0.15, 0.2) is 0 Å². The van der Waals surface area contributed by atoms with Gasteiger partial charge in [0.15, 0.2) is 0 Å². The van der Waals surface area contributed by atoms with Gasteiger partial charge in [-0.25, -0.2) is 0 Å². The van der Waals surface area contributed by atoms with Crippen LogP contribution in [0.3, 0.4) is 0 Å². The van der Waals surface area contributed by atoms with E-state index >= 15 is 0 Å². The average molecular weight is 199 g/mol. The Balaban J connectivity index is 2.83. The molecule has 1 rings (SSSR count). The molecule has 80 valence electrons. The third-order valence-electron chi connectivity index (χ3n) is 2.27. The Kier molecular flexibility index (Phi) is 2.80. The average Bonchev–Trinajstić information content (AvgIpc) is 2.07. The summed E-state index contributed by atoms with van der Waals surface area (Å²) >= 11 is 0. The van der Waals surface area contributed by atoms with Crippen LogP contribution in [0.25, 0.3) is 0 Å². The third-order valence-corrected chi connectivity index (χ3v) is 2.27. The van der Waals surface area contributed by atoms with Gasteiger partial charge < -0.3 is 16.0 Å². The highest BCUT2D eigenvalue weighted by Gasteiger charge is 2.37. The maximum absolute atomic E-state index is 11.5. The minimum absolute atomic E-state index is 0.126. The molecule has 1 heterocycles. The van der Waals surface area contributed by atoms with E-state index in [1.165, 1.54) is 0 Å². The summed E-state index contributed by atoms with van der Waals surface area (Å²) in [5, 5.41) is 2.56. The lowest BCUT2D eigenvalue weighted by atomic mass is 10.0. The Morgan fingerprint density at radius 3 is 2.50 bits per heavy atom. The highest BCUT2D eigenvalue weighted by atomic mass is 16.2. The van der Waals surface area contributed by atoms with Crippen molar-refractivity contribution in [2.45, 2.75) is 32.4 Å². The summed E-state index contributed by atoms with van der Waals surface area (Å²) in [5.41, 5.74) is 5.13. The van der Waals surface area contributed by atoms with E-state index in [9.17, 15) is 9.59 Å². The van der Waals surface area contributed by atoms with Gasteiger partial charge in [-0.05, 0) is 20.8 Å². The van der Waals surface area contributed by atoms with E-state index in [-0.39, 0.29) is 11.6 Å². The quantitative estimate of drug-likeness (QED) is 0.536. The molecule has 0 aromatic heterocycles. The van der Waals surface area contributed by atoms with Crippen LogP contribution in [0.1, 0.15) is 20.8 Å². The zero-order chi connectivity index (χ0) is 10.9. The number of piperazine rings is 1. The van der Waals surface area contributed by atoms with Crippen molar-refractivity contribution in [3.63, 3.8) is 0 Å². The zero-order valence-electron chi connectivity index (χ0n) is 8.83.